The molecule has 1 N–H and O–H groups in total. The normalized spacial score (nSPS) is 9.21. The van der Waals surface area contributed by atoms with Crippen LogP contribution in [0.4, 0.5) is 0 Å². The van der Waals surface area contributed by atoms with Crippen molar-refractivity contribution in [2.24, 2.45) is 0 Å². The van der Waals surface area contributed by atoms with Crippen LogP contribution in [0.15, 0.2) is 54.6 Å². The monoisotopic (exact) mass is 258 g/mol. The maximum Gasteiger partial charge on any atom is 0.337 e. The molecule has 2 aromatic carbocycles. The van der Waals surface area contributed by atoms with E-state index in [0.29, 0.717) is 5.56 Å². The van der Waals surface area contributed by atoms with Gasteiger partial charge in [0.2, 0.25) is 0 Å². The fourth-order valence-electron chi connectivity index (χ4n) is 1.48. The highest BCUT2D eigenvalue weighted by atomic mass is 16.5. The number of aliphatic hydroxyl groups is 1. The van der Waals surface area contributed by atoms with E-state index in [1.807, 2.05) is 37.3 Å². The fourth-order valence-corrected chi connectivity index (χ4v) is 1.48. The summed E-state index contributed by atoms with van der Waals surface area (Å²) in [5.74, 6) is -0.291. The van der Waals surface area contributed by atoms with Crippen molar-refractivity contribution >= 4 is 5.97 Å². The zero-order valence-corrected chi connectivity index (χ0v) is 11.2. The molecule has 0 amide bonds. The van der Waals surface area contributed by atoms with E-state index in [1.54, 1.807) is 24.3 Å². The molecule has 0 fully saturated rings. The Hall–Kier alpha value is -2.13. The van der Waals surface area contributed by atoms with E-state index in [9.17, 15) is 4.79 Å². The van der Waals surface area contributed by atoms with Gasteiger partial charge in [-0.2, -0.15) is 0 Å². The van der Waals surface area contributed by atoms with Crippen LogP contribution in [0.2, 0.25) is 0 Å². The maximum atomic E-state index is 10.8. The molecule has 3 nitrogen and oxygen atoms in total. The van der Waals surface area contributed by atoms with Gasteiger partial charge in [0.25, 0.3) is 0 Å². The lowest BCUT2D eigenvalue weighted by Crippen LogP contribution is -1.99. The van der Waals surface area contributed by atoms with Crippen LogP contribution in [-0.2, 0) is 11.3 Å². The van der Waals surface area contributed by atoms with Crippen molar-refractivity contribution < 1.29 is 14.6 Å². The first-order valence-corrected chi connectivity index (χ1v) is 5.97. The van der Waals surface area contributed by atoms with Crippen molar-refractivity contribution in [1.29, 1.82) is 0 Å². The van der Waals surface area contributed by atoms with E-state index < -0.39 is 0 Å². The molecule has 0 spiro atoms. The van der Waals surface area contributed by atoms with Crippen molar-refractivity contribution in [3.63, 3.8) is 0 Å². The highest BCUT2D eigenvalue weighted by Crippen LogP contribution is 2.05. The number of carbonyl (C=O) groups excluding carboxylic acids is 1. The van der Waals surface area contributed by atoms with Crippen molar-refractivity contribution in [3.8, 4) is 0 Å². The highest BCUT2D eigenvalue weighted by Gasteiger charge is 2.00. The van der Waals surface area contributed by atoms with Crippen molar-refractivity contribution in [2.75, 3.05) is 7.11 Å². The lowest BCUT2D eigenvalue weighted by molar-refractivity contribution is 0.0600. The Labute approximate surface area is 113 Å². The Kier molecular flexibility index (Phi) is 6.33. The average Bonchev–Trinajstić information content (AvgIpc) is 2.48. The minimum atomic E-state index is -0.291. The average molecular weight is 258 g/mol. The van der Waals surface area contributed by atoms with Gasteiger partial charge >= 0.3 is 5.97 Å². The van der Waals surface area contributed by atoms with Gasteiger partial charge in [0.15, 0.2) is 0 Å². The molecule has 0 aliphatic rings. The minimum absolute atomic E-state index is 0.146. The first-order chi connectivity index (χ1) is 9.19. The molecule has 0 aliphatic heterocycles. The summed E-state index contributed by atoms with van der Waals surface area (Å²) in [4.78, 5) is 10.8. The van der Waals surface area contributed by atoms with Gasteiger partial charge in [-0.15, -0.1) is 0 Å². The van der Waals surface area contributed by atoms with Crippen LogP contribution < -0.4 is 0 Å². The molecule has 0 radical (unpaired) electrons. The van der Waals surface area contributed by atoms with Gasteiger partial charge in [0.1, 0.15) is 0 Å². The predicted octanol–water partition coefficient (Wildman–Crippen LogP) is 2.96. The van der Waals surface area contributed by atoms with Crippen LogP contribution in [0.3, 0.4) is 0 Å². The van der Waals surface area contributed by atoms with E-state index in [2.05, 4.69) is 4.74 Å². The molecule has 0 aliphatic carbocycles. The number of benzene rings is 2. The Morgan fingerprint density at radius 2 is 1.63 bits per heavy atom. The van der Waals surface area contributed by atoms with Crippen LogP contribution >= 0.6 is 0 Å². The summed E-state index contributed by atoms with van der Waals surface area (Å²) >= 11 is 0. The summed E-state index contributed by atoms with van der Waals surface area (Å²) in [5.41, 5.74) is 2.75. The molecular formula is C16H18O3. The van der Waals surface area contributed by atoms with Gasteiger partial charge in [-0.3, -0.25) is 0 Å². The largest absolute Gasteiger partial charge is 0.465 e. The van der Waals surface area contributed by atoms with Crippen LogP contribution in [-0.4, -0.2) is 18.2 Å². The van der Waals surface area contributed by atoms with E-state index in [4.69, 9.17) is 5.11 Å². The van der Waals surface area contributed by atoms with Gasteiger partial charge in [0.05, 0.1) is 19.3 Å². The third kappa shape index (κ3) is 4.94. The molecule has 19 heavy (non-hydrogen) atoms. The van der Waals surface area contributed by atoms with Gasteiger partial charge in [-0.05, 0) is 30.2 Å². The molecule has 0 saturated carbocycles. The third-order valence-electron chi connectivity index (χ3n) is 2.63. The summed E-state index contributed by atoms with van der Waals surface area (Å²) in [7, 11) is 1.37. The SMILES string of the molecule is COC(=O)c1ccccc1.Cc1ccccc1CO. The molecule has 0 bridgehead atoms. The van der Waals surface area contributed by atoms with Gasteiger partial charge in [-0.25, -0.2) is 4.79 Å². The molecule has 100 valence electrons. The van der Waals surface area contributed by atoms with Crippen molar-refractivity contribution in [3.05, 3.63) is 71.3 Å². The lowest BCUT2D eigenvalue weighted by atomic mass is 10.1. The number of aryl methyl sites for hydroxylation is 1. The highest BCUT2D eigenvalue weighted by molar-refractivity contribution is 5.89. The molecule has 2 rings (SSSR count). The number of ether oxygens (including phenoxy) is 1. The van der Waals surface area contributed by atoms with Crippen LogP contribution in [0, 0.1) is 6.92 Å². The smallest absolute Gasteiger partial charge is 0.337 e. The minimum Gasteiger partial charge on any atom is -0.465 e. The quantitative estimate of drug-likeness (QED) is 0.842. The van der Waals surface area contributed by atoms with Crippen molar-refractivity contribution in [1.82, 2.24) is 0 Å². The topological polar surface area (TPSA) is 46.5 Å². The fraction of sp³-hybridized carbons (Fsp3) is 0.188. The molecule has 3 heteroatoms. The third-order valence-corrected chi connectivity index (χ3v) is 2.63. The second kappa shape index (κ2) is 8.06. The van der Waals surface area contributed by atoms with Gasteiger partial charge in [-0.1, -0.05) is 42.5 Å². The zero-order chi connectivity index (χ0) is 14.1. The molecule has 0 aromatic heterocycles. The molecule has 2 aromatic rings. The second-order valence-corrected chi connectivity index (χ2v) is 3.94. The van der Waals surface area contributed by atoms with Gasteiger partial charge < -0.3 is 9.84 Å². The number of methoxy groups -OCH3 is 1. The summed E-state index contributed by atoms with van der Waals surface area (Å²) in [5, 5.41) is 8.72. The number of carbonyl (C=O) groups is 1. The van der Waals surface area contributed by atoms with Crippen LogP contribution in [0.1, 0.15) is 21.5 Å². The number of hydrogen-bond acceptors (Lipinski definition) is 3. The summed E-state index contributed by atoms with van der Waals surface area (Å²) in [6.45, 7) is 2.14. The zero-order valence-electron chi connectivity index (χ0n) is 11.2. The van der Waals surface area contributed by atoms with E-state index in [1.165, 1.54) is 7.11 Å². The Bertz CT molecular complexity index is 506. The molecule has 0 heterocycles. The summed E-state index contributed by atoms with van der Waals surface area (Å²) in [6, 6.07) is 16.7. The van der Waals surface area contributed by atoms with Crippen LogP contribution in [0.5, 0.6) is 0 Å². The number of aliphatic hydroxyl groups excluding tert-OH is 1. The predicted molar refractivity (Wildman–Crippen MR) is 74.9 cm³/mol. The number of esters is 1. The number of hydrogen-bond donors (Lipinski definition) is 1. The molecule has 0 atom stereocenters. The van der Waals surface area contributed by atoms with Crippen LogP contribution in [0.25, 0.3) is 0 Å². The molecule has 0 unspecified atom stereocenters. The molecular weight excluding hydrogens is 240 g/mol. The van der Waals surface area contributed by atoms with E-state index in [0.717, 1.165) is 11.1 Å². The summed E-state index contributed by atoms with van der Waals surface area (Å²) in [6.07, 6.45) is 0. The lowest BCUT2D eigenvalue weighted by Gasteiger charge is -1.97. The summed E-state index contributed by atoms with van der Waals surface area (Å²) < 4.78 is 4.50. The van der Waals surface area contributed by atoms with Crippen molar-refractivity contribution in [2.45, 2.75) is 13.5 Å². The Morgan fingerprint density at radius 3 is 2.11 bits per heavy atom. The maximum absolute atomic E-state index is 10.8. The first-order valence-electron chi connectivity index (χ1n) is 5.97. The van der Waals surface area contributed by atoms with Gasteiger partial charge in [0, 0.05) is 0 Å². The number of rotatable bonds is 2. The van der Waals surface area contributed by atoms with E-state index in [-0.39, 0.29) is 12.6 Å². The Balaban J connectivity index is 0.000000191. The van der Waals surface area contributed by atoms with E-state index >= 15 is 0 Å². The second-order valence-electron chi connectivity index (χ2n) is 3.94. The Morgan fingerprint density at radius 1 is 1.05 bits per heavy atom. The molecule has 0 saturated heterocycles. The first kappa shape index (κ1) is 14.9. The standard InChI is InChI=1S/C8H8O2.C8H10O/c1-10-8(9)7-5-3-2-4-6-7;1-7-4-2-3-5-8(7)6-9/h2-6H,1H3;2-5,9H,6H2,1H3.